The van der Waals surface area contributed by atoms with Crippen molar-refractivity contribution in [2.75, 3.05) is 11.9 Å². The van der Waals surface area contributed by atoms with Crippen LogP contribution in [0.5, 0.6) is 0 Å². The average molecular weight is 430 g/mol. The van der Waals surface area contributed by atoms with Gasteiger partial charge in [0.1, 0.15) is 17.0 Å². The van der Waals surface area contributed by atoms with Gasteiger partial charge in [-0.15, -0.1) is 11.3 Å². The first kappa shape index (κ1) is 23.5. The van der Waals surface area contributed by atoms with Crippen molar-refractivity contribution in [3.8, 4) is 0 Å². The van der Waals surface area contributed by atoms with Gasteiger partial charge in [-0.25, -0.2) is 9.97 Å². The van der Waals surface area contributed by atoms with E-state index in [0.717, 1.165) is 12.4 Å². The summed E-state index contributed by atoms with van der Waals surface area (Å²) >= 11 is 1.89. The lowest BCUT2D eigenvalue weighted by Crippen LogP contribution is -2.05. The summed E-state index contributed by atoms with van der Waals surface area (Å²) < 4.78 is 0. The Morgan fingerprint density at radius 2 is 1.37 bits per heavy atom. The normalized spacial score (nSPS) is 13.6. The van der Waals surface area contributed by atoms with Gasteiger partial charge in [0.25, 0.3) is 0 Å². The van der Waals surface area contributed by atoms with Gasteiger partial charge >= 0.3 is 0 Å². The van der Waals surface area contributed by atoms with Crippen LogP contribution < -0.4 is 5.32 Å². The fourth-order valence-corrected chi connectivity index (χ4v) is 5.98. The summed E-state index contributed by atoms with van der Waals surface area (Å²) in [5, 5.41) is 4.94. The molecule has 1 aliphatic rings. The third-order valence-electron chi connectivity index (χ3n) is 6.57. The minimum Gasteiger partial charge on any atom is -0.369 e. The SMILES string of the molecule is CCCCCCCCCCCCCCCCNc1ncnc2sc3c(c12)CCCC3. The molecule has 0 spiro atoms. The molecule has 0 aliphatic heterocycles. The van der Waals surface area contributed by atoms with Gasteiger partial charge in [0.05, 0.1) is 5.39 Å². The van der Waals surface area contributed by atoms with Crippen molar-refractivity contribution in [1.29, 1.82) is 0 Å². The van der Waals surface area contributed by atoms with Crippen molar-refractivity contribution >= 4 is 27.4 Å². The number of unbranched alkanes of at least 4 members (excludes halogenated alkanes) is 13. The molecule has 0 fully saturated rings. The zero-order chi connectivity index (χ0) is 20.9. The molecule has 0 saturated heterocycles. The number of anilines is 1. The van der Waals surface area contributed by atoms with E-state index in [4.69, 9.17) is 0 Å². The van der Waals surface area contributed by atoms with Gasteiger partial charge in [0, 0.05) is 11.4 Å². The van der Waals surface area contributed by atoms with E-state index in [-0.39, 0.29) is 0 Å². The number of thiophene rings is 1. The van der Waals surface area contributed by atoms with E-state index in [1.807, 2.05) is 11.3 Å². The van der Waals surface area contributed by atoms with Crippen molar-refractivity contribution < 1.29 is 0 Å². The molecule has 2 aromatic rings. The van der Waals surface area contributed by atoms with Gasteiger partial charge in [0.15, 0.2) is 0 Å². The fraction of sp³-hybridized carbons (Fsp3) is 0.769. The lowest BCUT2D eigenvalue weighted by molar-refractivity contribution is 0.537. The van der Waals surface area contributed by atoms with Crippen LogP contribution in [0.1, 0.15) is 120 Å². The Kier molecular flexibility index (Phi) is 11.0. The highest BCUT2D eigenvalue weighted by Gasteiger charge is 2.19. The van der Waals surface area contributed by atoms with Crippen molar-refractivity contribution in [2.24, 2.45) is 0 Å². The van der Waals surface area contributed by atoms with Crippen LogP contribution in [-0.2, 0) is 12.8 Å². The summed E-state index contributed by atoms with van der Waals surface area (Å²) in [6.45, 7) is 3.33. The van der Waals surface area contributed by atoms with E-state index >= 15 is 0 Å². The van der Waals surface area contributed by atoms with Gasteiger partial charge in [-0.1, -0.05) is 90.4 Å². The molecule has 168 valence electrons. The number of hydrogen-bond donors (Lipinski definition) is 1. The van der Waals surface area contributed by atoms with Gasteiger partial charge in [-0.05, 0) is 37.7 Å². The molecule has 2 aromatic heterocycles. The van der Waals surface area contributed by atoms with Crippen LogP contribution in [0.2, 0.25) is 0 Å². The quantitative estimate of drug-likeness (QED) is 0.272. The fourth-order valence-electron chi connectivity index (χ4n) is 4.75. The van der Waals surface area contributed by atoms with Crippen molar-refractivity contribution in [2.45, 2.75) is 122 Å². The molecule has 0 amide bonds. The lowest BCUT2D eigenvalue weighted by Gasteiger charge is -2.12. The predicted molar refractivity (Wildman–Crippen MR) is 133 cm³/mol. The first-order chi connectivity index (χ1) is 14.9. The molecule has 0 unspecified atom stereocenters. The van der Waals surface area contributed by atoms with Crippen molar-refractivity contribution in [3.63, 3.8) is 0 Å². The van der Waals surface area contributed by atoms with E-state index in [9.17, 15) is 0 Å². The molecular formula is C26H43N3S. The van der Waals surface area contributed by atoms with E-state index < -0.39 is 0 Å². The molecule has 3 nitrogen and oxygen atoms in total. The Balaban J connectivity index is 1.21. The summed E-state index contributed by atoms with van der Waals surface area (Å²) in [7, 11) is 0. The first-order valence-electron chi connectivity index (χ1n) is 12.9. The summed E-state index contributed by atoms with van der Waals surface area (Å²) in [4.78, 5) is 11.8. The highest BCUT2D eigenvalue weighted by molar-refractivity contribution is 7.19. The molecule has 4 heteroatoms. The second-order valence-corrected chi connectivity index (χ2v) is 10.2. The first-order valence-corrected chi connectivity index (χ1v) is 13.7. The molecular weight excluding hydrogens is 386 g/mol. The van der Waals surface area contributed by atoms with Crippen LogP contribution >= 0.6 is 11.3 Å². The van der Waals surface area contributed by atoms with Gasteiger partial charge in [-0.3, -0.25) is 0 Å². The second kappa shape index (κ2) is 14.0. The summed E-state index contributed by atoms with van der Waals surface area (Å²) in [5.41, 5.74) is 1.53. The largest absolute Gasteiger partial charge is 0.369 e. The number of fused-ring (bicyclic) bond motifs is 3. The maximum Gasteiger partial charge on any atom is 0.138 e. The average Bonchev–Trinajstić information content (AvgIpc) is 3.16. The zero-order valence-electron chi connectivity index (χ0n) is 19.3. The number of nitrogens with zero attached hydrogens (tertiary/aromatic N) is 2. The third kappa shape index (κ3) is 7.51. The molecule has 30 heavy (non-hydrogen) atoms. The second-order valence-electron chi connectivity index (χ2n) is 9.14. The topological polar surface area (TPSA) is 37.8 Å². The molecule has 0 saturated carbocycles. The van der Waals surface area contributed by atoms with Crippen LogP contribution in [-0.4, -0.2) is 16.5 Å². The highest BCUT2D eigenvalue weighted by Crippen LogP contribution is 2.38. The minimum absolute atomic E-state index is 1.04. The Morgan fingerprint density at radius 3 is 2.03 bits per heavy atom. The maximum absolute atomic E-state index is 4.58. The smallest absolute Gasteiger partial charge is 0.138 e. The van der Waals surface area contributed by atoms with Crippen LogP contribution in [0.25, 0.3) is 10.2 Å². The Morgan fingerprint density at radius 1 is 0.767 bits per heavy atom. The molecule has 0 bridgehead atoms. The number of aryl methyl sites for hydroxylation is 2. The predicted octanol–water partition coefficient (Wildman–Crippen LogP) is 8.46. The molecule has 2 heterocycles. The number of aromatic nitrogens is 2. The number of hydrogen-bond acceptors (Lipinski definition) is 4. The number of rotatable bonds is 16. The van der Waals surface area contributed by atoms with Crippen LogP contribution in [0.3, 0.4) is 0 Å². The Hall–Kier alpha value is -1.16. The van der Waals surface area contributed by atoms with Gasteiger partial charge in [0.2, 0.25) is 0 Å². The Labute approximate surface area is 188 Å². The molecule has 0 aromatic carbocycles. The molecule has 0 atom stereocenters. The van der Waals surface area contributed by atoms with Crippen LogP contribution in [0.4, 0.5) is 5.82 Å². The molecule has 3 rings (SSSR count). The lowest BCUT2D eigenvalue weighted by atomic mass is 9.97. The van der Waals surface area contributed by atoms with Crippen LogP contribution in [0, 0.1) is 0 Å². The van der Waals surface area contributed by atoms with Gasteiger partial charge < -0.3 is 5.32 Å². The van der Waals surface area contributed by atoms with E-state index in [0.29, 0.717) is 0 Å². The van der Waals surface area contributed by atoms with Crippen molar-refractivity contribution in [1.82, 2.24) is 9.97 Å². The van der Waals surface area contributed by atoms with E-state index in [1.54, 1.807) is 11.2 Å². The summed E-state index contributed by atoms with van der Waals surface area (Å²) in [6, 6.07) is 0. The van der Waals surface area contributed by atoms with E-state index in [1.165, 1.54) is 131 Å². The zero-order valence-corrected chi connectivity index (χ0v) is 20.1. The minimum atomic E-state index is 1.04. The summed E-state index contributed by atoms with van der Waals surface area (Å²) in [6.07, 6.45) is 26.6. The standard InChI is InChI=1S/C26H43N3S/c1-2-3-4-5-6-7-8-9-10-11-12-13-14-17-20-27-25-24-22-18-15-16-19-23(22)30-26(24)29-21-28-25/h21H,2-20H2,1H3,(H,27,28,29). The van der Waals surface area contributed by atoms with Crippen LogP contribution in [0.15, 0.2) is 6.33 Å². The maximum atomic E-state index is 4.58. The highest BCUT2D eigenvalue weighted by atomic mass is 32.1. The van der Waals surface area contributed by atoms with E-state index in [2.05, 4.69) is 22.2 Å². The Bertz CT molecular complexity index is 724. The number of nitrogens with one attached hydrogen (secondary N) is 1. The molecule has 0 radical (unpaired) electrons. The molecule has 1 N–H and O–H groups in total. The van der Waals surface area contributed by atoms with Crippen molar-refractivity contribution in [3.05, 3.63) is 16.8 Å². The van der Waals surface area contributed by atoms with Gasteiger partial charge in [-0.2, -0.15) is 0 Å². The molecule has 1 aliphatic carbocycles. The monoisotopic (exact) mass is 429 g/mol. The summed E-state index contributed by atoms with van der Waals surface area (Å²) in [5.74, 6) is 1.08. The third-order valence-corrected chi connectivity index (χ3v) is 7.77.